The van der Waals surface area contributed by atoms with Crippen molar-refractivity contribution in [3.63, 3.8) is 0 Å². The number of benzene rings is 1. The van der Waals surface area contributed by atoms with Gasteiger partial charge in [0.25, 0.3) is 5.91 Å². The lowest BCUT2D eigenvalue weighted by atomic mass is 10.3. The first kappa shape index (κ1) is 14.4. The molecule has 2 aromatic rings. The number of halogens is 1. The second-order valence-electron chi connectivity index (χ2n) is 4.28. The third kappa shape index (κ3) is 4.59. The molecule has 1 N–H and O–H groups in total. The lowest BCUT2D eigenvalue weighted by molar-refractivity contribution is -0.123. The second kappa shape index (κ2) is 6.96. The zero-order chi connectivity index (χ0) is 14.4. The average Bonchev–Trinajstić information content (AvgIpc) is 2.84. The first-order valence-electron chi connectivity index (χ1n) is 6.21. The van der Waals surface area contributed by atoms with Crippen LogP contribution in [0.15, 0.2) is 34.9 Å². The quantitative estimate of drug-likeness (QED) is 0.888. The molecule has 0 aliphatic rings. The first-order chi connectivity index (χ1) is 9.63. The predicted octanol–water partition coefficient (Wildman–Crippen LogP) is 2.37. The van der Waals surface area contributed by atoms with E-state index < -0.39 is 0 Å². The zero-order valence-corrected chi connectivity index (χ0v) is 11.8. The van der Waals surface area contributed by atoms with Crippen LogP contribution in [0.25, 0.3) is 0 Å². The van der Waals surface area contributed by atoms with Crippen LogP contribution >= 0.6 is 11.6 Å². The highest BCUT2D eigenvalue weighted by Gasteiger charge is 2.04. The molecule has 1 aromatic heterocycles. The number of hydrogen-bond donors (Lipinski definition) is 1. The van der Waals surface area contributed by atoms with Gasteiger partial charge in [0.1, 0.15) is 11.5 Å². The molecule has 0 atom stereocenters. The molecule has 0 unspecified atom stereocenters. The van der Waals surface area contributed by atoms with Crippen LogP contribution in [0.3, 0.4) is 0 Å². The molecule has 0 fully saturated rings. The second-order valence-corrected chi connectivity index (χ2v) is 4.71. The van der Waals surface area contributed by atoms with E-state index >= 15 is 0 Å². The predicted molar refractivity (Wildman–Crippen MR) is 74.9 cm³/mol. The summed E-state index contributed by atoms with van der Waals surface area (Å²) in [5, 5.41) is 7.15. The maximum absolute atomic E-state index is 11.6. The number of ether oxygens (including phenoxy) is 1. The topological polar surface area (TPSA) is 64.4 Å². The van der Waals surface area contributed by atoms with Crippen molar-refractivity contribution < 1.29 is 14.1 Å². The third-order valence-corrected chi connectivity index (χ3v) is 2.81. The molecule has 1 aromatic carbocycles. The Labute approximate surface area is 121 Å². The summed E-state index contributed by atoms with van der Waals surface area (Å²) in [7, 11) is 0. The van der Waals surface area contributed by atoms with Crippen LogP contribution < -0.4 is 10.1 Å². The molecule has 0 spiro atoms. The number of rotatable bonds is 6. The Morgan fingerprint density at radius 2 is 2.15 bits per heavy atom. The Balaban J connectivity index is 1.66. The van der Waals surface area contributed by atoms with E-state index in [9.17, 15) is 4.79 Å². The lowest BCUT2D eigenvalue weighted by Gasteiger charge is -2.06. The maximum Gasteiger partial charge on any atom is 0.257 e. The van der Waals surface area contributed by atoms with Crippen LogP contribution in [0, 0.1) is 6.92 Å². The molecule has 2 rings (SSSR count). The summed E-state index contributed by atoms with van der Waals surface area (Å²) in [6.45, 7) is 2.31. The van der Waals surface area contributed by atoms with Gasteiger partial charge >= 0.3 is 0 Å². The standard InChI is InChI=1S/C14H15ClN2O3/c1-10-8-13(20-17-10)6-7-16-14(18)9-19-12-4-2-11(15)3-5-12/h2-5,8H,6-7,9H2,1H3,(H,16,18). The van der Waals surface area contributed by atoms with Crippen molar-refractivity contribution in [2.75, 3.05) is 13.2 Å². The van der Waals surface area contributed by atoms with Crippen LogP contribution in [0.4, 0.5) is 0 Å². The van der Waals surface area contributed by atoms with E-state index in [1.54, 1.807) is 24.3 Å². The molecule has 1 heterocycles. The van der Waals surface area contributed by atoms with E-state index in [4.69, 9.17) is 20.9 Å². The van der Waals surface area contributed by atoms with Gasteiger partial charge in [-0.15, -0.1) is 0 Å². The van der Waals surface area contributed by atoms with Gasteiger partial charge in [-0.05, 0) is 31.2 Å². The fourth-order valence-electron chi connectivity index (χ4n) is 1.59. The zero-order valence-electron chi connectivity index (χ0n) is 11.1. The van der Waals surface area contributed by atoms with Gasteiger partial charge in [0.2, 0.25) is 0 Å². The van der Waals surface area contributed by atoms with Crippen LogP contribution in [-0.4, -0.2) is 24.2 Å². The average molecular weight is 295 g/mol. The van der Waals surface area contributed by atoms with Crippen LogP contribution in [-0.2, 0) is 11.2 Å². The van der Waals surface area contributed by atoms with Crippen LogP contribution in [0.5, 0.6) is 5.75 Å². The van der Waals surface area contributed by atoms with Crippen molar-refractivity contribution in [2.45, 2.75) is 13.3 Å². The van der Waals surface area contributed by atoms with E-state index in [0.29, 0.717) is 23.7 Å². The first-order valence-corrected chi connectivity index (χ1v) is 6.58. The monoisotopic (exact) mass is 294 g/mol. The molecule has 6 heteroatoms. The highest BCUT2D eigenvalue weighted by Crippen LogP contribution is 2.15. The van der Waals surface area contributed by atoms with Gasteiger partial charge in [-0.2, -0.15) is 0 Å². The summed E-state index contributed by atoms with van der Waals surface area (Å²) in [4.78, 5) is 11.6. The largest absolute Gasteiger partial charge is 0.484 e. The van der Waals surface area contributed by atoms with E-state index in [-0.39, 0.29) is 12.5 Å². The van der Waals surface area contributed by atoms with Gasteiger partial charge in [-0.1, -0.05) is 16.8 Å². The Kier molecular flexibility index (Phi) is 5.01. The summed E-state index contributed by atoms with van der Waals surface area (Å²) in [5.41, 5.74) is 0.831. The minimum Gasteiger partial charge on any atom is -0.484 e. The van der Waals surface area contributed by atoms with Gasteiger partial charge in [-0.25, -0.2) is 0 Å². The number of carbonyl (C=O) groups excluding carboxylic acids is 1. The Morgan fingerprint density at radius 3 is 2.80 bits per heavy atom. The van der Waals surface area contributed by atoms with E-state index in [0.717, 1.165) is 11.5 Å². The molecular weight excluding hydrogens is 280 g/mol. The summed E-state index contributed by atoms with van der Waals surface area (Å²) in [5.74, 6) is 1.17. The van der Waals surface area contributed by atoms with Crippen molar-refractivity contribution in [2.24, 2.45) is 0 Å². The molecule has 106 valence electrons. The number of amides is 1. The van der Waals surface area contributed by atoms with Gasteiger partial charge in [-0.3, -0.25) is 4.79 Å². The minimum atomic E-state index is -0.184. The SMILES string of the molecule is Cc1cc(CCNC(=O)COc2ccc(Cl)cc2)on1. The minimum absolute atomic E-state index is 0.0307. The number of aryl methyl sites for hydroxylation is 1. The van der Waals surface area contributed by atoms with Crippen LogP contribution in [0.2, 0.25) is 5.02 Å². The Morgan fingerprint density at radius 1 is 1.40 bits per heavy atom. The van der Waals surface area contributed by atoms with Gasteiger partial charge in [0.05, 0.1) is 5.69 Å². The fourth-order valence-corrected chi connectivity index (χ4v) is 1.72. The summed E-state index contributed by atoms with van der Waals surface area (Å²) in [6.07, 6.45) is 0.605. The molecule has 0 saturated carbocycles. The normalized spacial score (nSPS) is 10.3. The number of carbonyl (C=O) groups is 1. The highest BCUT2D eigenvalue weighted by molar-refractivity contribution is 6.30. The molecular formula is C14H15ClN2O3. The maximum atomic E-state index is 11.6. The van der Waals surface area contributed by atoms with Crippen LogP contribution in [0.1, 0.15) is 11.5 Å². The van der Waals surface area contributed by atoms with Gasteiger partial charge < -0.3 is 14.6 Å². The molecule has 0 saturated heterocycles. The van der Waals surface area contributed by atoms with E-state index in [1.165, 1.54) is 0 Å². The summed E-state index contributed by atoms with van der Waals surface area (Å²) in [6, 6.07) is 8.69. The molecule has 5 nitrogen and oxygen atoms in total. The number of nitrogens with one attached hydrogen (secondary N) is 1. The highest BCUT2D eigenvalue weighted by atomic mass is 35.5. The smallest absolute Gasteiger partial charge is 0.257 e. The number of aromatic nitrogens is 1. The van der Waals surface area contributed by atoms with Crippen molar-refractivity contribution >= 4 is 17.5 Å². The number of nitrogens with zero attached hydrogens (tertiary/aromatic N) is 1. The van der Waals surface area contributed by atoms with E-state index in [2.05, 4.69) is 10.5 Å². The van der Waals surface area contributed by atoms with Crippen molar-refractivity contribution in [3.8, 4) is 5.75 Å². The van der Waals surface area contributed by atoms with Gasteiger partial charge in [0.15, 0.2) is 6.61 Å². The molecule has 0 aliphatic carbocycles. The molecule has 1 amide bonds. The molecule has 0 bridgehead atoms. The Bertz CT molecular complexity index is 566. The fraction of sp³-hybridized carbons (Fsp3) is 0.286. The number of hydrogen-bond acceptors (Lipinski definition) is 4. The van der Waals surface area contributed by atoms with E-state index in [1.807, 2.05) is 13.0 Å². The van der Waals surface area contributed by atoms with Crippen molar-refractivity contribution in [1.29, 1.82) is 0 Å². The summed E-state index contributed by atoms with van der Waals surface area (Å²) < 4.78 is 10.4. The van der Waals surface area contributed by atoms with Crippen molar-refractivity contribution in [3.05, 3.63) is 46.8 Å². The lowest BCUT2D eigenvalue weighted by Crippen LogP contribution is -2.30. The Hall–Kier alpha value is -2.01. The van der Waals surface area contributed by atoms with Gasteiger partial charge in [0, 0.05) is 24.1 Å². The third-order valence-electron chi connectivity index (χ3n) is 2.55. The molecule has 20 heavy (non-hydrogen) atoms. The van der Waals surface area contributed by atoms with Crippen molar-refractivity contribution in [1.82, 2.24) is 10.5 Å². The molecule has 0 radical (unpaired) electrons. The summed E-state index contributed by atoms with van der Waals surface area (Å²) >= 11 is 5.75. The molecule has 0 aliphatic heterocycles.